The number of benzene rings is 1. The second-order valence-electron chi connectivity index (χ2n) is 7.74. The van der Waals surface area contributed by atoms with Crippen LogP contribution in [-0.2, 0) is 14.4 Å². The van der Waals surface area contributed by atoms with Crippen LogP contribution in [0.25, 0.3) is 0 Å². The fourth-order valence-corrected chi connectivity index (χ4v) is 2.70. The van der Waals surface area contributed by atoms with Crippen molar-refractivity contribution in [1.29, 1.82) is 0 Å². The predicted molar refractivity (Wildman–Crippen MR) is 99.2 cm³/mol. The molecular formula is C18H23N3O7. The molecule has 2 rings (SSSR count). The van der Waals surface area contributed by atoms with Gasteiger partial charge in [-0.15, -0.1) is 0 Å². The van der Waals surface area contributed by atoms with E-state index in [1.54, 1.807) is 0 Å². The number of carboxylic acids is 1. The van der Waals surface area contributed by atoms with Crippen LogP contribution >= 0.6 is 0 Å². The number of fused-ring (bicyclic) bond motifs is 1. The van der Waals surface area contributed by atoms with Crippen molar-refractivity contribution in [3.05, 3.63) is 28.3 Å². The van der Waals surface area contributed by atoms with E-state index in [2.05, 4.69) is 5.32 Å². The number of carbonyl (C=O) groups excluding carboxylic acids is 2. The molecule has 1 aromatic carbocycles. The number of hydrogen-bond donors (Lipinski definition) is 2. The van der Waals surface area contributed by atoms with E-state index in [1.807, 2.05) is 20.8 Å². The fraction of sp³-hybridized carbons (Fsp3) is 0.500. The number of nitrogens with zero attached hydrogens (tertiary/aromatic N) is 2. The Morgan fingerprint density at radius 1 is 1.39 bits per heavy atom. The Bertz CT molecular complexity index is 801. The molecule has 1 heterocycles. The number of carboxylic acid groups (broad SMARTS) is 1. The van der Waals surface area contributed by atoms with Gasteiger partial charge in [-0.05, 0) is 24.3 Å². The lowest BCUT2D eigenvalue weighted by molar-refractivity contribution is -0.384. The summed E-state index contributed by atoms with van der Waals surface area (Å²) in [4.78, 5) is 47.4. The van der Waals surface area contributed by atoms with Crippen molar-refractivity contribution in [1.82, 2.24) is 5.32 Å². The Labute approximate surface area is 161 Å². The van der Waals surface area contributed by atoms with E-state index in [1.165, 1.54) is 12.1 Å². The third-order valence-electron chi connectivity index (χ3n) is 4.21. The van der Waals surface area contributed by atoms with Gasteiger partial charge in [0.25, 0.3) is 11.6 Å². The number of rotatable bonds is 7. The van der Waals surface area contributed by atoms with Crippen molar-refractivity contribution in [3.8, 4) is 5.75 Å². The SMILES string of the molecule is CC(C)(C)CCC(NC(=O)CN1C(=O)COc2ccc([N+](=O)[O-])cc21)C(=O)O. The highest BCUT2D eigenvalue weighted by atomic mass is 16.6. The van der Waals surface area contributed by atoms with Gasteiger partial charge in [-0.2, -0.15) is 0 Å². The zero-order chi connectivity index (χ0) is 21.1. The summed E-state index contributed by atoms with van der Waals surface area (Å²) in [5.74, 6) is -2.15. The van der Waals surface area contributed by atoms with Crippen LogP contribution in [0.4, 0.5) is 11.4 Å². The number of hydrogen-bond acceptors (Lipinski definition) is 6. The molecule has 0 aliphatic carbocycles. The predicted octanol–water partition coefficient (Wildman–Crippen LogP) is 1.72. The number of nitro groups is 1. The minimum atomic E-state index is -1.16. The molecule has 28 heavy (non-hydrogen) atoms. The maximum atomic E-state index is 12.4. The summed E-state index contributed by atoms with van der Waals surface area (Å²) in [6.45, 7) is 5.11. The largest absolute Gasteiger partial charge is 0.482 e. The van der Waals surface area contributed by atoms with Crippen LogP contribution in [0.3, 0.4) is 0 Å². The molecule has 2 N–H and O–H groups in total. The first-order chi connectivity index (χ1) is 13.0. The van der Waals surface area contributed by atoms with Crippen molar-refractivity contribution in [3.63, 3.8) is 0 Å². The minimum Gasteiger partial charge on any atom is -0.482 e. The van der Waals surface area contributed by atoms with Crippen LogP contribution in [-0.4, -0.2) is 47.0 Å². The maximum Gasteiger partial charge on any atom is 0.326 e. The number of carbonyl (C=O) groups is 3. The molecule has 1 unspecified atom stereocenters. The van der Waals surface area contributed by atoms with Gasteiger partial charge in [-0.3, -0.25) is 24.6 Å². The molecule has 0 radical (unpaired) electrons. The van der Waals surface area contributed by atoms with Gasteiger partial charge >= 0.3 is 5.97 Å². The zero-order valence-electron chi connectivity index (χ0n) is 15.9. The quantitative estimate of drug-likeness (QED) is 0.531. The molecule has 10 heteroatoms. The first-order valence-corrected chi connectivity index (χ1v) is 8.72. The highest BCUT2D eigenvalue weighted by Crippen LogP contribution is 2.35. The molecule has 1 atom stereocenters. The lowest BCUT2D eigenvalue weighted by Gasteiger charge is -2.29. The Kier molecular flexibility index (Phi) is 6.22. The van der Waals surface area contributed by atoms with E-state index in [-0.39, 0.29) is 35.6 Å². The summed E-state index contributed by atoms with van der Waals surface area (Å²) in [5, 5.41) is 22.7. The first-order valence-electron chi connectivity index (χ1n) is 8.72. The van der Waals surface area contributed by atoms with Crippen LogP contribution in [0, 0.1) is 15.5 Å². The minimum absolute atomic E-state index is 0.0992. The highest BCUT2D eigenvalue weighted by molar-refractivity contribution is 6.02. The Morgan fingerprint density at radius 2 is 2.07 bits per heavy atom. The highest BCUT2D eigenvalue weighted by Gasteiger charge is 2.30. The number of ether oxygens (including phenoxy) is 1. The smallest absolute Gasteiger partial charge is 0.326 e. The van der Waals surface area contributed by atoms with E-state index in [4.69, 9.17) is 4.74 Å². The first kappa shape index (κ1) is 21.1. The summed E-state index contributed by atoms with van der Waals surface area (Å²) in [6, 6.07) is 2.65. The van der Waals surface area contributed by atoms with Crippen molar-refractivity contribution < 1.29 is 29.2 Å². The molecule has 0 saturated carbocycles. The second-order valence-corrected chi connectivity index (χ2v) is 7.74. The molecule has 10 nitrogen and oxygen atoms in total. The van der Waals surface area contributed by atoms with Crippen LogP contribution in [0.15, 0.2) is 18.2 Å². The maximum absolute atomic E-state index is 12.4. The molecule has 1 aliphatic heterocycles. The van der Waals surface area contributed by atoms with Gasteiger partial charge in [0.15, 0.2) is 6.61 Å². The van der Waals surface area contributed by atoms with Gasteiger partial charge in [-0.25, -0.2) is 4.79 Å². The lowest BCUT2D eigenvalue weighted by Crippen LogP contribution is -2.49. The topological polar surface area (TPSA) is 139 Å². The van der Waals surface area contributed by atoms with Crippen molar-refractivity contribution in [2.75, 3.05) is 18.1 Å². The average molecular weight is 393 g/mol. The van der Waals surface area contributed by atoms with E-state index in [9.17, 15) is 29.6 Å². The van der Waals surface area contributed by atoms with Gasteiger partial charge in [0.1, 0.15) is 18.3 Å². The summed E-state index contributed by atoms with van der Waals surface area (Å²) in [6.07, 6.45) is 0.819. The molecule has 1 aliphatic rings. The second kappa shape index (κ2) is 8.24. The van der Waals surface area contributed by atoms with E-state index < -0.39 is 35.3 Å². The fourth-order valence-electron chi connectivity index (χ4n) is 2.70. The zero-order valence-corrected chi connectivity index (χ0v) is 15.9. The van der Waals surface area contributed by atoms with Crippen LogP contribution in [0.5, 0.6) is 5.75 Å². The average Bonchev–Trinajstić information content (AvgIpc) is 2.59. The summed E-state index contributed by atoms with van der Waals surface area (Å²) in [7, 11) is 0. The van der Waals surface area contributed by atoms with Crippen LogP contribution < -0.4 is 15.0 Å². The van der Waals surface area contributed by atoms with E-state index >= 15 is 0 Å². The Hall–Kier alpha value is -3.17. The Morgan fingerprint density at radius 3 is 2.64 bits per heavy atom. The number of nitro benzene ring substituents is 1. The third-order valence-corrected chi connectivity index (χ3v) is 4.21. The van der Waals surface area contributed by atoms with E-state index in [0.29, 0.717) is 6.42 Å². The molecular weight excluding hydrogens is 370 g/mol. The van der Waals surface area contributed by atoms with Gasteiger partial charge in [0.2, 0.25) is 5.91 Å². The summed E-state index contributed by atoms with van der Waals surface area (Å²) in [5.41, 5.74) is -0.255. The van der Waals surface area contributed by atoms with Crippen molar-refractivity contribution in [2.24, 2.45) is 5.41 Å². The normalized spacial score (nSPS) is 14.7. The summed E-state index contributed by atoms with van der Waals surface area (Å²) >= 11 is 0. The van der Waals surface area contributed by atoms with E-state index in [0.717, 1.165) is 11.0 Å². The number of anilines is 1. The molecule has 0 aromatic heterocycles. The molecule has 0 spiro atoms. The molecule has 152 valence electrons. The Balaban J connectivity index is 2.14. The van der Waals surface area contributed by atoms with Crippen molar-refractivity contribution in [2.45, 2.75) is 39.7 Å². The number of non-ortho nitro benzene ring substituents is 1. The molecule has 0 fully saturated rings. The number of nitrogens with one attached hydrogen (secondary N) is 1. The van der Waals surface area contributed by atoms with Gasteiger partial charge < -0.3 is 15.2 Å². The number of aliphatic carboxylic acids is 1. The monoisotopic (exact) mass is 393 g/mol. The van der Waals surface area contributed by atoms with Gasteiger partial charge in [0.05, 0.1) is 10.6 Å². The lowest BCUT2D eigenvalue weighted by atomic mass is 9.88. The summed E-state index contributed by atoms with van der Waals surface area (Å²) < 4.78 is 5.24. The van der Waals surface area contributed by atoms with Gasteiger partial charge in [-0.1, -0.05) is 20.8 Å². The molecule has 0 saturated heterocycles. The van der Waals surface area contributed by atoms with Crippen LogP contribution in [0.2, 0.25) is 0 Å². The molecule has 2 amide bonds. The van der Waals surface area contributed by atoms with Gasteiger partial charge in [0, 0.05) is 12.1 Å². The molecule has 1 aromatic rings. The molecule has 0 bridgehead atoms. The number of amides is 2. The standard InChI is InChI=1S/C18H23N3O7/c1-18(2,3)7-6-12(17(24)25)19-15(22)9-20-13-8-11(21(26)27)4-5-14(13)28-10-16(20)23/h4-5,8,12H,6-7,9-10H2,1-3H3,(H,19,22)(H,24,25). The van der Waals surface area contributed by atoms with Crippen molar-refractivity contribution >= 4 is 29.2 Å². The third kappa shape index (κ3) is 5.41. The van der Waals surface area contributed by atoms with Crippen LogP contribution in [0.1, 0.15) is 33.6 Å².